The van der Waals surface area contributed by atoms with E-state index in [4.69, 9.17) is 0 Å². The molecule has 0 N–H and O–H groups in total. The standard InChI is InChI=1S/C9H10N2/c1-3-8(4-2)9-10-6-5-7-11-9/h3-7H,1H2,2H3/b8-4+. The van der Waals surface area contributed by atoms with Gasteiger partial charge in [-0.2, -0.15) is 0 Å². The highest BCUT2D eigenvalue weighted by Gasteiger charge is 1.95. The molecule has 0 spiro atoms. The van der Waals surface area contributed by atoms with Crippen molar-refractivity contribution in [2.45, 2.75) is 6.92 Å². The van der Waals surface area contributed by atoms with E-state index in [2.05, 4.69) is 16.5 Å². The molecule has 0 radical (unpaired) electrons. The molecule has 0 saturated carbocycles. The molecule has 2 heteroatoms. The molecule has 0 aliphatic rings. The van der Waals surface area contributed by atoms with Crippen molar-refractivity contribution in [1.82, 2.24) is 9.97 Å². The second-order valence-corrected chi connectivity index (χ2v) is 2.02. The van der Waals surface area contributed by atoms with E-state index in [0.717, 1.165) is 11.4 Å². The Hall–Kier alpha value is -1.44. The van der Waals surface area contributed by atoms with E-state index in [1.54, 1.807) is 24.5 Å². The van der Waals surface area contributed by atoms with Crippen molar-refractivity contribution in [2.75, 3.05) is 0 Å². The molecular formula is C9H10N2. The van der Waals surface area contributed by atoms with Crippen LogP contribution in [0.2, 0.25) is 0 Å². The molecule has 0 saturated heterocycles. The minimum absolute atomic E-state index is 0.727. The van der Waals surface area contributed by atoms with Crippen LogP contribution in [-0.2, 0) is 0 Å². The van der Waals surface area contributed by atoms with Gasteiger partial charge in [-0.3, -0.25) is 0 Å². The zero-order valence-electron chi connectivity index (χ0n) is 6.49. The van der Waals surface area contributed by atoms with E-state index in [9.17, 15) is 0 Å². The number of nitrogens with zero attached hydrogens (tertiary/aromatic N) is 2. The Balaban J connectivity index is 3.01. The van der Waals surface area contributed by atoms with Gasteiger partial charge in [0.1, 0.15) is 0 Å². The quantitative estimate of drug-likeness (QED) is 0.597. The van der Waals surface area contributed by atoms with E-state index < -0.39 is 0 Å². The number of hydrogen-bond donors (Lipinski definition) is 0. The first-order valence-electron chi connectivity index (χ1n) is 3.44. The SMILES string of the molecule is C=C/C(=C\C)c1ncccn1. The van der Waals surface area contributed by atoms with Gasteiger partial charge in [-0.05, 0) is 13.0 Å². The fourth-order valence-electron chi connectivity index (χ4n) is 0.786. The van der Waals surface area contributed by atoms with E-state index in [-0.39, 0.29) is 0 Å². The first-order chi connectivity index (χ1) is 5.38. The van der Waals surface area contributed by atoms with Crippen molar-refractivity contribution < 1.29 is 0 Å². The van der Waals surface area contributed by atoms with Crippen LogP contribution in [0.1, 0.15) is 12.7 Å². The van der Waals surface area contributed by atoms with Crippen molar-refractivity contribution in [2.24, 2.45) is 0 Å². The molecule has 0 atom stereocenters. The third-order valence-corrected chi connectivity index (χ3v) is 1.35. The van der Waals surface area contributed by atoms with E-state index >= 15 is 0 Å². The first kappa shape index (κ1) is 7.66. The lowest BCUT2D eigenvalue weighted by Crippen LogP contribution is -1.88. The van der Waals surface area contributed by atoms with Crippen LogP contribution in [0.5, 0.6) is 0 Å². The highest BCUT2D eigenvalue weighted by atomic mass is 14.8. The van der Waals surface area contributed by atoms with Crippen LogP contribution >= 0.6 is 0 Å². The van der Waals surface area contributed by atoms with Crippen LogP contribution in [0.4, 0.5) is 0 Å². The average molecular weight is 146 g/mol. The lowest BCUT2D eigenvalue weighted by atomic mass is 10.2. The lowest BCUT2D eigenvalue weighted by molar-refractivity contribution is 1.12. The second kappa shape index (κ2) is 3.66. The van der Waals surface area contributed by atoms with Gasteiger partial charge >= 0.3 is 0 Å². The summed E-state index contributed by atoms with van der Waals surface area (Å²) in [4.78, 5) is 8.14. The first-order valence-corrected chi connectivity index (χ1v) is 3.44. The topological polar surface area (TPSA) is 25.8 Å². The number of rotatable bonds is 2. The monoisotopic (exact) mass is 146 g/mol. The molecule has 0 unspecified atom stereocenters. The maximum absolute atomic E-state index is 4.07. The summed E-state index contributed by atoms with van der Waals surface area (Å²) in [7, 11) is 0. The summed E-state index contributed by atoms with van der Waals surface area (Å²) < 4.78 is 0. The van der Waals surface area contributed by atoms with Crippen molar-refractivity contribution in [3.63, 3.8) is 0 Å². The predicted octanol–water partition coefficient (Wildman–Crippen LogP) is 2.07. The van der Waals surface area contributed by atoms with Gasteiger partial charge in [0.15, 0.2) is 5.82 Å². The fraction of sp³-hybridized carbons (Fsp3) is 0.111. The van der Waals surface area contributed by atoms with Gasteiger partial charge in [0.2, 0.25) is 0 Å². The Labute approximate surface area is 66.3 Å². The van der Waals surface area contributed by atoms with Crippen molar-refractivity contribution in [3.05, 3.63) is 43.0 Å². The third kappa shape index (κ3) is 1.74. The van der Waals surface area contributed by atoms with Gasteiger partial charge in [0, 0.05) is 18.0 Å². The smallest absolute Gasteiger partial charge is 0.158 e. The van der Waals surface area contributed by atoms with Crippen LogP contribution in [0.25, 0.3) is 5.57 Å². The van der Waals surface area contributed by atoms with Crippen molar-refractivity contribution in [1.29, 1.82) is 0 Å². The largest absolute Gasteiger partial charge is 0.237 e. The summed E-state index contributed by atoms with van der Waals surface area (Å²) in [5.41, 5.74) is 0.964. The Morgan fingerprint density at radius 2 is 2.09 bits per heavy atom. The molecule has 0 amide bonds. The maximum Gasteiger partial charge on any atom is 0.158 e. The molecule has 2 nitrogen and oxygen atoms in total. The zero-order chi connectivity index (χ0) is 8.10. The molecule has 0 aliphatic heterocycles. The summed E-state index contributed by atoms with van der Waals surface area (Å²) in [5, 5.41) is 0. The predicted molar refractivity (Wildman–Crippen MR) is 45.9 cm³/mol. The molecule has 1 aromatic heterocycles. The Bertz CT molecular complexity index is 262. The summed E-state index contributed by atoms with van der Waals surface area (Å²) in [6, 6.07) is 1.79. The summed E-state index contributed by atoms with van der Waals surface area (Å²) >= 11 is 0. The summed E-state index contributed by atoms with van der Waals surface area (Å²) in [6.07, 6.45) is 7.11. The van der Waals surface area contributed by atoms with E-state index in [1.807, 2.05) is 13.0 Å². The number of allylic oxidation sites excluding steroid dienone is 3. The van der Waals surface area contributed by atoms with Crippen LogP contribution < -0.4 is 0 Å². The van der Waals surface area contributed by atoms with Gasteiger partial charge in [-0.1, -0.05) is 18.7 Å². The molecule has 0 aliphatic carbocycles. The van der Waals surface area contributed by atoms with Crippen LogP contribution in [0, 0.1) is 0 Å². The van der Waals surface area contributed by atoms with Gasteiger partial charge < -0.3 is 0 Å². The normalized spacial score (nSPS) is 11.2. The molecule has 0 bridgehead atoms. The van der Waals surface area contributed by atoms with Crippen LogP contribution in [0.15, 0.2) is 37.2 Å². The molecule has 11 heavy (non-hydrogen) atoms. The lowest BCUT2D eigenvalue weighted by Gasteiger charge is -1.96. The van der Waals surface area contributed by atoms with Crippen LogP contribution in [-0.4, -0.2) is 9.97 Å². The minimum Gasteiger partial charge on any atom is -0.237 e. The number of aromatic nitrogens is 2. The Morgan fingerprint density at radius 1 is 1.45 bits per heavy atom. The third-order valence-electron chi connectivity index (χ3n) is 1.35. The van der Waals surface area contributed by atoms with Gasteiger partial charge in [-0.25, -0.2) is 9.97 Å². The van der Waals surface area contributed by atoms with Crippen LogP contribution in [0.3, 0.4) is 0 Å². The van der Waals surface area contributed by atoms with Crippen molar-refractivity contribution >= 4 is 5.57 Å². The molecule has 56 valence electrons. The van der Waals surface area contributed by atoms with Gasteiger partial charge in [-0.15, -0.1) is 0 Å². The summed E-state index contributed by atoms with van der Waals surface area (Å²) in [5.74, 6) is 0.727. The molecule has 1 heterocycles. The maximum atomic E-state index is 4.07. The summed E-state index contributed by atoms with van der Waals surface area (Å²) in [6.45, 7) is 5.60. The zero-order valence-corrected chi connectivity index (χ0v) is 6.49. The van der Waals surface area contributed by atoms with Gasteiger partial charge in [0.05, 0.1) is 0 Å². The Morgan fingerprint density at radius 3 is 2.55 bits per heavy atom. The van der Waals surface area contributed by atoms with E-state index in [1.165, 1.54) is 0 Å². The van der Waals surface area contributed by atoms with Gasteiger partial charge in [0.25, 0.3) is 0 Å². The average Bonchev–Trinajstić information content (AvgIpc) is 2.09. The highest BCUT2D eigenvalue weighted by molar-refractivity contribution is 5.68. The molecular weight excluding hydrogens is 136 g/mol. The molecule has 1 aromatic rings. The molecule has 1 rings (SSSR count). The molecule has 0 aromatic carbocycles. The minimum atomic E-state index is 0.727. The number of hydrogen-bond acceptors (Lipinski definition) is 2. The highest BCUT2D eigenvalue weighted by Crippen LogP contribution is 2.07. The second-order valence-electron chi connectivity index (χ2n) is 2.02. The van der Waals surface area contributed by atoms with Crippen molar-refractivity contribution in [3.8, 4) is 0 Å². The van der Waals surface area contributed by atoms with E-state index in [0.29, 0.717) is 0 Å². The Kier molecular flexibility index (Phi) is 2.55. The molecule has 0 fully saturated rings. The fourth-order valence-corrected chi connectivity index (χ4v) is 0.786.